The van der Waals surface area contributed by atoms with Crippen molar-refractivity contribution in [2.75, 3.05) is 11.5 Å². The van der Waals surface area contributed by atoms with E-state index in [1.807, 2.05) is 0 Å². The van der Waals surface area contributed by atoms with Crippen LogP contribution >= 0.6 is 11.8 Å². The Morgan fingerprint density at radius 2 is 1.88 bits per heavy atom. The second-order valence-electron chi connectivity index (χ2n) is 5.05. The summed E-state index contributed by atoms with van der Waals surface area (Å²) >= 11 is 2.13. The Morgan fingerprint density at radius 3 is 2.69 bits per heavy atom. The molecule has 1 saturated heterocycles. The van der Waals surface area contributed by atoms with Crippen LogP contribution in [0.4, 0.5) is 0 Å². The maximum absolute atomic E-state index is 2.47. The van der Waals surface area contributed by atoms with E-state index >= 15 is 0 Å². The lowest BCUT2D eigenvalue weighted by Gasteiger charge is -2.34. The van der Waals surface area contributed by atoms with E-state index in [-0.39, 0.29) is 0 Å². The Bertz CT molecular complexity index is 382. The average Bonchev–Trinajstić information content (AvgIpc) is 2.78. The second-order valence-corrected chi connectivity index (χ2v) is 6.12. The van der Waals surface area contributed by atoms with Gasteiger partial charge >= 0.3 is 0 Å². The summed E-state index contributed by atoms with van der Waals surface area (Å²) < 4.78 is 0. The third-order valence-electron chi connectivity index (χ3n) is 4.04. The van der Waals surface area contributed by atoms with Crippen molar-refractivity contribution in [1.29, 1.82) is 0 Å². The summed E-state index contributed by atoms with van der Waals surface area (Å²) in [6, 6.07) is 11.1. The SMILES string of the molecule is C[C@@H]1C=C[C@@H]2CSC[C@@H]2[C@@H]1c1ccccc1. The first kappa shape index (κ1) is 10.5. The van der Waals surface area contributed by atoms with Gasteiger partial charge in [0.1, 0.15) is 0 Å². The fourth-order valence-electron chi connectivity index (χ4n) is 3.21. The van der Waals surface area contributed by atoms with Gasteiger partial charge in [-0.05, 0) is 40.7 Å². The van der Waals surface area contributed by atoms with Crippen LogP contribution in [-0.4, -0.2) is 11.5 Å². The third kappa shape index (κ3) is 1.71. The molecule has 1 fully saturated rings. The number of thioether (sulfide) groups is 1. The zero-order valence-electron chi connectivity index (χ0n) is 9.67. The average molecular weight is 230 g/mol. The van der Waals surface area contributed by atoms with E-state index in [9.17, 15) is 0 Å². The summed E-state index contributed by atoms with van der Waals surface area (Å²) in [6.45, 7) is 2.37. The minimum absolute atomic E-state index is 0.697. The molecule has 1 heteroatoms. The Kier molecular flexibility index (Phi) is 2.81. The summed E-state index contributed by atoms with van der Waals surface area (Å²) in [6.07, 6.45) is 4.90. The highest BCUT2D eigenvalue weighted by molar-refractivity contribution is 7.99. The smallest absolute Gasteiger partial charge is 0.000116 e. The molecule has 84 valence electrons. The number of fused-ring (bicyclic) bond motifs is 1. The van der Waals surface area contributed by atoms with Crippen molar-refractivity contribution in [3.63, 3.8) is 0 Å². The van der Waals surface area contributed by atoms with Gasteiger partial charge in [-0.1, -0.05) is 49.4 Å². The monoisotopic (exact) mass is 230 g/mol. The predicted molar refractivity (Wildman–Crippen MR) is 71.8 cm³/mol. The molecule has 1 aromatic carbocycles. The van der Waals surface area contributed by atoms with E-state index in [4.69, 9.17) is 0 Å². The molecule has 0 spiro atoms. The minimum atomic E-state index is 0.697. The number of allylic oxidation sites excluding steroid dienone is 2. The quantitative estimate of drug-likeness (QED) is 0.658. The molecule has 1 aromatic rings. The lowest BCUT2D eigenvalue weighted by Crippen LogP contribution is -2.27. The molecule has 0 saturated carbocycles. The summed E-state index contributed by atoms with van der Waals surface area (Å²) in [5.41, 5.74) is 1.54. The maximum Gasteiger partial charge on any atom is -0.000116 e. The zero-order valence-corrected chi connectivity index (χ0v) is 10.5. The summed E-state index contributed by atoms with van der Waals surface area (Å²) in [7, 11) is 0. The van der Waals surface area contributed by atoms with Crippen LogP contribution in [0.15, 0.2) is 42.5 Å². The molecule has 16 heavy (non-hydrogen) atoms. The molecule has 0 amide bonds. The number of benzene rings is 1. The van der Waals surface area contributed by atoms with Crippen LogP contribution in [-0.2, 0) is 0 Å². The number of rotatable bonds is 1. The molecular formula is C15H18S. The van der Waals surface area contributed by atoms with Crippen molar-refractivity contribution in [3.8, 4) is 0 Å². The highest BCUT2D eigenvalue weighted by Crippen LogP contribution is 2.47. The van der Waals surface area contributed by atoms with Crippen molar-refractivity contribution in [1.82, 2.24) is 0 Å². The van der Waals surface area contributed by atoms with Crippen molar-refractivity contribution in [2.24, 2.45) is 17.8 Å². The van der Waals surface area contributed by atoms with Crippen LogP contribution in [0.5, 0.6) is 0 Å². The van der Waals surface area contributed by atoms with Gasteiger partial charge in [-0.3, -0.25) is 0 Å². The van der Waals surface area contributed by atoms with Gasteiger partial charge in [0.15, 0.2) is 0 Å². The zero-order chi connectivity index (χ0) is 11.0. The van der Waals surface area contributed by atoms with Gasteiger partial charge in [0.05, 0.1) is 0 Å². The molecule has 1 heterocycles. The van der Waals surface area contributed by atoms with Gasteiger partial charge in [0.2, 0.25) is 0 Å². The molecular weight excluding hydrogens is 212 g/mol. The van der Waals surface area contributed by atoms with Gasteiger partial charge in [-0.2, -0.15) is 11.8 Å². The molecule has 0 radical (unpaired) electrons. The second kappa shape index (κ2) is 4.29. The summed E-state index contributed by atoms with van der Waals surface area (Å²) in [5.74, 6) is 5.81. The van der Waals surface area contributed by atoms with Gasteiger partial charge in [-0.15, -0.1) is 0 Å². The maximum atomic E-state index is 2.47. The first-order valence-electron chi connectivity index (χ1n) is 6.17. The standard InChI is InChI=1S/C15H18S/c1-11-7-8-13-9-16-10-14(13)15(11)12-5-3-2-4-6-12/h2-8,11,13-15H,9-10H2,1H3/t11-,13-,14+,15+/m1/s1. The highest BCUT2D eigenvalue weighted by Gasteiger charge is 2.38. The van der Waals surface area contributed by atoms with Crippen molar-refractivity contribution in [3.05, 3.63) is 48.0 Å². The first-order valence-corrected chi connectivity index (χ1v) is 7.33. The molecule has 3 rings (SSSR count). The molecule has 0 unspecified atom stereocenters. The molecule has 0 aromatic heterocycles. The van der Waals surface area contributed by atoms with Crippen LogP contribution in [0.3, 0.4) is 0 Å². The highest BCUT2D eigenvalue weighted by atomic mass is 32.2. The number of hydrogen-bond donors (Lipinski definition) is 0. The Labute approximate surface area is 102 Å². The molecule has 0 nitrogen and oxygen atoms in total. The predicted octanol–water partition coefficient (Wildman–Crippen LogP) is 3.96. The third-order valence-corrected chi connectivity index (χ3v) is 5.29. The molecule has 1 aliphatic carbocycles. The van der Waals surface area contributed by atoms with Gasteiger partial charge in [0, 0.05) is 0 Å². The van der Waals surface area contributed by atoms with Gasteiger partial charge in [0.25, 0.3) is 0 Å². The molecule has 1 aliphatic heterocycles. The van der Waals surface area contributed by atoms with E-state index in [0.717, 1.165) is 17.8 Å². The van der Waals surface area contributed by atoms with E-state index < -0.39 is 0 Å². The van der Waals surface area contributed by atoms with Crippen molar-refractivity contribution in [2.45, 2.75) is 12.8 Å². The summed E-state index contributed by atoms with van der Waals surface area (Å²) in [5, 5.41) is 0. The molecule has 0 N–H and O–H groups in total. The largest absolute Gasteiger partial charge is 0.161 e. The van der Waals surface area contributed by atoms with Crippen LogP contribution < -0.4 is 0 Å². The first-order chi connectivity index (χ1) is 7.86. The van der Waals surface area contributed by atoms with Gasteiger partial charge in [-0.25, -0.2) is 0 Å². The van der Waals surface area contributed by atoms with E-state index in [2.05, 4.69) is 61.2 Å². The Morgan fingerprint density at radius 1 is 1.06 bits per heavy atom. The van der Waals surface area contributed by atoms with Crippen molar-refractivity contribution >= 4 is 11.8 Å². The fourth-order valence-corrected chi connectivity index (χ4v) is 4.70. The molecule has 2 aliphatic rings. The van der Waals surface area contributed by atoms with Crippen LogP contribution in [0, 0.1) is 17.8 Å². The number of hydrogen-bond acceptors (Lipinski definition) is 1. The normalized spacial score (nSPS) is 37.3. The van der Waals surface area contributed by atoms with Crippen molar-refractivity contribution < 1.29 is 0 Å². The Balaban J connectivity index is 1.96. The Hall–Kier alpha value is -0.690. The molecule has 0 bridgehead atoms. The minimum Gasteiger partial charge on any atom is -0.161 e. The van der Waals surface area contributed by atoms with Crippen LogP contribution in [0.1, 0.15) is 18.4 Å². The topological polar surface area (TPSA) is 0 Å². The molecule has 4 atom stereocenters. The van der Waals surface area contributed by atoms with E-state index in [1.165, 1.54) is 17.1 Å². The van der Waals surface area contributed by atoms with Crippen LogP contribution in [0.25, 0.3) is 0 Å². The summed E-state index contributed by atoms with van der Waals surface area (Å²) in [4.78, 5) is 0. The van der Waals surface area contributed by atoms with Crippen LogP contribution in [0.2, 0.25) is 0 Å². The van der Waals surface area contributed by atoms with Gasteiger partial charge < -0.3 is 0 Å². The lowest BCUT2D eigenvalue weighted by molar-refractivity contribution is 0.326. The lowest BCUT2D eigenvalue weighted by atomic mass is 9.69. The van der Waals surface area contributed by atoms with E-state index in [0.29, 0.717) is 5.92 Å². The van der Waals surface area contributed by atoms with E-state index in [1.54, 1.807) is 0 Å². The fraction of sp³-hybridized carbons (Fsp3) is 0.467.